The summed E-state index contributed by atoms with van der Waals surface area (Å²) in [7, 11) is 1.67. The number of amides is 1. The molecule has 3 nitrogen and oxygen atoms in total. The van der Waals surface area contributed by atoms with E-state index in [1.165, 1.54) is 23.1 Å². The molecule has 0 fully saturated rings. The highest BCUT2D eigenvalue weighted by Crippen LogP contribution is 2.13. The molecule has 0 atom stereocenters. The van der Waals surface area contributed by atoms with E-state index >= 15 is 0 Å². The summed E-state index contributed by atoms with van der Waals surface area (Å²) in [4.78, 5) is 13.7. The lowest BCUT2D eigenvalue weighted by atomic mass is 10.1. The maximum absolute atomic E-state index is 13.7. The van der Waals surface area contributed by atoms with Crippen LogP contribution in [0.25, 0.3) is 0 Å². The van der Waals surface area contributed by atoms with E-state index < -0.39 is 5.82 Å². The number of halogens is 1. The van der Waals surface area contributed by atoms with E-state index in [0.717, 1.165) is 19.3 Å². The Morgan fingerprint density at radius 3 is 2.80 bits per heavy atom. The number of carbonyl (C=O) groups is 1. The van der Waals surface area contributed by atoms with E-state index in [4.69, 9.17) is 5.11 Å². The van der Waals surface area contributed by atoms with Crippen molar-refractivity contribution in [1.29, 1.82) is 0 Å². The Kier molecular flexibility index (Phi) is 6.75. The highest BCUT2D eigenvalue weighted by atomic mass is 19.1. The summed E-state index contributed by atoms with van der Waals surface area (Å²) in [5, 5.41) is 8.65. The Morgan fingerprint density at radius 2 is 2.15 bits per heavy atom. The fourth-order valence-electron chi connectivity index (χ4n) is 1.81. The van der Waals surface area contributed by atoms with Gasteiger partial charge in [-0.15, -0.1) is 0 Å². The van der Waals surface area contributed by atoms with E-state index in [-0.39, 0.29) is 18.1 Å². The third-order valence-corrected chi connectivity index (χ3v) is 2.95. The predicted molar refractivity (Wildman–Crippen MR) is 76.8 cm³/mol. The number of aliphatic hydroxyl groups is 1. The second-order valence-electron chi connectivity index (χ2n) is 4.59. The standard InChI is InChI=1S/C16H20FNO2/c1-3-4-5-10-18(2)16(20)14-12-13(7-6-11-19)8-9-15(14)17/h8-9,12,19H,3-5,10-11H2,1-2H3. The average Bonchev–Trinajstić information content (AvgIpc) is 2.45. The quantitative estimate of drug-likeness (QED) is 0.663. The van der Waals surface area contributed by atoms with E-state index in [0.29, 0.717) is 12.1 Å². The van der Waals surface area contributed by atoms with Crippen molar-refractivity contribution in [2.75, 3.05) is 20.2 Å². The van der Waals surface area contributed by atoms with Gasteiger partial charge in [-0.05, 0) is 24.6 Å². The van der Waals surface area contributed by atoms with Gasteiger partial charge >= 0.3 is 0 Å². The fraction of sp³-hybridized carbons (Fsp3) is 0.438. The first kappa shape index (κ1) is 16.2. The number of benzene rings is 1. The monoisotopic (exact) mass is 277 g/mol. The number of unbranched alkanes of at least 4 members (excludes halogenated alkanes) is 2. The Morgan fingerprint density at radius 1 is 1.40 bits per heavy atom. The summed E-state index contributed by atoms with van der Waals surface area (Å²) in [6.07, 6.45) is 3.02. The van der Waals surface area contributed by atoms with Crippen molar-refractivity contribution in [3.8, 4) is 11.8 Å². The number of aliphatic hydroxyl groups excluding tert-OH is 1. The molecule has 1 aromatic rings. The molecule has 4 heteroatoms. The third-order valence-electron chi connectivity index (χ3n) is 2.95. The van der Waals surface area contributed by atoms with Crippen molar-refractivity contribution in [2.45, 2.75) is 26.2 Å². The van der Waals surface area contributed by atoms with Crippen LogP contribution in [0.3, 0.4) is 0 Å². The van der Waals surface area contributed by atoms with E-state index in [1.54, 1.807) is 7.05 Å². The number of carbonyl (C=O) groups excluding carboxylic acids is 1. The molecule has 0 bridgehead atoms. The number of rotatable bonds is 5. The lowest BCUT2D eigenvalue weighted by Gasteiger charge is -2.17. The molecule has 0 spiro atoms. The van der Waals surface area contributed by atoms with Gasteiger partial charge in [0.25, 0.3) is 5.91 Å². The highest BCUT2D eigenvalue weighted by molar-refractivity contribution is 5.94. The maximum Gasteiger partial charge on any atom is 0.256 e. The maximum atomic E-state index is 13.7. The molecular formula is C16H20FNO2. The van der Waals surface area contributed by atoms with Crippen molar-refractivity contribution < 1.29 is 14.3 Å². The number of hydrogen-bond acceptors (Lipinski definition) is 2. The molecule has 0 saturated carbocycles. The van der Waals surface area contributed by atoms with Gasteiger partial charge in [-0.3, -0.25) is 4.79 Å². The average molecular weight is 277 g/mol. The second kappa shape index (κ2) is 8.34. The minimum atomic E-state index is -0.549. The molecule has 108 valence electrons. The van der Waals surface area contributed by atoms with Crippen molar-refractivity contribution in [3.63, 3.8) is 0 Å². The van der Waals surface area contributed by atoms with Crippen molar-refractivity contribution in [3.05, 3.63) is 35.1 Å². The summed E-state index contributed by atoms with van der Waals surface area (Å²) >= 11 is 0. The SMILES string of the molecule is CCCCCN(C)C(=O)c1cc(C#CCO)ccc1F. The van der Waals surface area contributed by atoms with E-state index in [1.807, 2.05) is 0 Å². The first-order valence-electron chi connectivity index (χ1n) is 6.75. The fourth-order valence-corrected chi connectivity index (χ4v) is 1.81. The molecule has 0 heterocycles. The van der Waals surface area contributed by atoms with Crippen LogP contribution in [0.1, 0.15) is 42.1 Å². The Hall–Kier alpha value is -1.86. The van der Waals surface area contributed by atoms with Crippen LogP contribution in [0.2, 0.25) is 0 Å². The molecule has 0 unspecified atom stereocenters. The zero-order chi connectivity index (χ0) is 15.0. The molecule has 0 radical (unpaired) electrons. The first-order chi connectivity index (χ1) is 9.60. The Bertz CT molecular complexity index is 517. The van der Waals surface area contributed by atoms with E-state index in [2.05, 4.69) is 18.8 Å². The number of hydrogen-bond donors (Lipinski definition) is 1. The molecule has 1 aromatic carbocycles. The van der Waals surface area contributed by atoms with Crippen molar-refractivity contribution in [2.24, 2.45) is 0 Å². The van der Waals surface area contributed by atoms with Gasteiger partial charge in [0, 0.05) is 19.2 Å². The Balaban J connectivity index is 2.85. The van der Waals surface area contributed by atoms with Gasteiger partial charge < -0.3 is 10.0 Å². The van der Waals surface area contributed by atoms with Gasteiger partial charge in [0.1, 0.15) is 12.4 Å². The minimum absolute atomic E-state index is 0.0220. The lowest BCUT2D eigenvalue weighted by molar-refractivity contribution is 0.0788. The second-order valence-corrected chi connectivity index (χ2v) is 4.59. The molecule has 20 heavy (non-hydrogen) atoms. The van der Waals surface area contributed by atoms with Crippen LogP contribution in [0.15, 0.2) is 18.2 Å². The summed E-state index contributed by atoms with van der Waals surface area (Å²) < 4.78 is 13.7. The van der Waals surface area contributed by atoms with E-state index in [9.17, 15) is 9.18 Å². The zero-order valence-electron chi connectivity index (χ0n) is 11.9. The zero-order valence-corrected chi connectivity index (χ0v) is 11.9. The van der Waals surface area contributed by atoms with Crippen LogP contribution >= 0.6 is 0 Å². The molecule has 0 aliphatic rings. The van der Waals surface area contributed by atoms with Crippen LogP contribution < -0.4 is 0 Å². The van der Waals surface area contributed by atoms with Gasteiger partial charge in [0.15, 0.2) is 0 Å². The van der Waals surface area contributed by atoms with Gasteiger partial charge in [-0.2, -0.15) is 0 Å². The van der Waals surface area contributed by atoms with Gasteiger partial charge in [0.05, 0.1) is 5.56 Å². The van der Waals surface area contributed by atoms with Crippen molar-refractivity contribution >= 4 is 5.91 Å². The lowest BCUT2D eigenvalue weighted by Crippen LogP contribution is -2.28. The summed E-state index contributed by atoms with van der Waals surface area (Å²) in [6.45, 7) is 2.43. The summed E-state index contributed by atoms with van der Waals surface area (Å²) in [5.74, 6) is 4.26. The smallest absolute Gasteiger partial charge is 0.256 e. The molecule has 0 saturated heterocycles. The third kappa shape index (κ3) is 4.67. The predicted octanol–water partition coefficient (Wildman–Crippen LogP) is 2.43. The topological polar surface area (TPSA) is 40.5 Å². The van der Waals surface area contributed by atoms with Crippen LogP contribution in [-0.4, -0.2) is 36.1 Å². The van der Waals surface area contributed by atoms with Crippen LogP contribution in [-0.2, 0) is 0 Å². The molecule has 1 N–H and O–H groups in total. The Labute approximate surface area is 119 Å². The summed E-state index contributed by atoms with van der Waals surface area (Å²) in [6, 6.07) is 4.15. The largest absolute Gasteiger partial charge is 0.384 e. The van der Waals surface area contributed by atoms with Crippen LogP contribution in [0.5, 0.6) is 0 Å². The normalized spacial score (nSPS) is 9.80. The highest BCUT2D eigenvalue weighted by Gasteiger charge is 2.16. The van der Waals surface area contributed by atoms with Crippen molar-refractivity contribution in [1.82, 2.24) is 4.90 Å². The van der Waals surface area contributed by atoms with Crippen LogP contribution in [0, 0.1) is 17.7 Å². The van der Waals surface area contributed by atoms with Gasteiger partial charge in [-0.1, -0.05) is 31.6 Å². The summed E-state index contributed by atoms with van der Waals surface area (Å²) in [5.41, 5.74) is 0.541. The molecule has 1 amide bonds. The molecule has 0 aromatic heterocycles. The van der Waals surface area contributed by atoms with Gasteiger partial charge in [0.2, 0.25) is 0 Å². The van der Waals surface area contributed by atoms with Crippen LogP contribution in [0.4, 0.5) is 4.39 Å². The number of nitrogens with zero attached hydrogens (tertiary/aromatic N) is 1. The molecular weight excluding hydrogens is 257 g/mol. The van der Waals surface area contributed by atoms with Gasteiger partial charge in [-0.25, -0.2) is 4.39 Å². The molecule has 0 aliphatic heterocycles. The molecule has 0 aliphatic carbocycles. The molecule has 1 rings (SSSR count). The minimum Gasteiger partial charge on any atom is -0.384 e. The first-order valence-corrected chi connectivity index (χ1v) is 6.75.